The van der Waals surface area contributed by atoms with Crippen LogP contribution in [0.15, 0.2) is 4.99 Å². The smallest absolute Gasteiger partial charge is 0.205 e. The first-order chi connectivity index (χ1) is 8.20. The molecule has 0 aromatic carbocycles. The van der Waals surface area contributed by atoms with Crippen molar-refractivity contribution in [2.24, 2.45) is 16.8 Å². The molecular weight excluding hydrogens is 216 g/mol. The van der Waals surface area contributed by atoms with E-state index in [0.29, 0.717) is 5.96 Å². The third kappa shape index (κ3) is 11.5. The summed E-state index contributed by atoms with van der Waals surface area (Å²) in [7, 11) is 1.69. The Kier molecular flexibility index (Phi) is 11.1. The minimum absolute atomic E-state index is 0.672. The monoisotopic (exact) mass is 244 g/mol. The Morgan fingerprint density at radius 2 is 2.06 bits per heavy atom. The lowest BCUT2D eigenvalue weighted by atomic mass is 10.1. The van der Waals surface area contributed by atoms with E-state index < -0.39 is 0 Å². The highest BCUT2D eigenvalue weighted by Gasteiger charge is 1.96. The van der Waals surface area contributed by atoms with Gasteiger partial charge in [0.15, 0.2) is 0 Å². The van der Waals surface area contributed by atoms with Crippen molar-refractivity contribution < 1.29 is 4.74 Å². The molecule has 4 N–H and O–H groups in total. The minimum Gasteiger partial charge on any atom is -0.385 e. The zero-order valence-electron chi connectivity index (χ0n) is 11.5. The summed E-state index contributed by atoms with van der Waals surface area (Å²) in [5, 5.41) is 3.19. The summed E-state index contributed by atoms with van der Waals surface area (Å²) in [4.78, 5) is 4.30. The lowest BCUT2D eigenvalue weighted by Gasteiger charge is -2.09. The second-order valence-corrected chi connectivity index (χ2v) is 4.54. The lowest BCUT2D eigenvalue weighted by molar-refractivity contribution is 0.197. The number of aliphatic imine (C=N–C) groups is 1. The van der Waals surface area contributed by atoms with Gasteiger partial charge in [-0.25, -0.2) is 5.84 Å². The van der Waals surface area contributed by atoms with Crippen molar-refractivity contribution in [1.82, 2.24) is 10.7 Å². The van der Waals surface area contributed by atoms with E-state index in [1.807, 2.05) is 0 Å². The van der Waals surface area contributed by atoms with E-state index >= 15 is 0 Å². The van der Waals surface area contributed by atoms with E-state index in [1.165, 1.54) is 12.8 Å². The summed E-state index contributed by atoms with van der Waals surface area (Å²) in [6.45, 7) is 6.87. The molecule has 0 saturated heterocycles. The molecule has 0 aliphatic heterocycles. The summed E-state index contributed by atoms with van der Waals surface area (Å²) in [5.41, 5.74) is 2.58. The minimum atomic E-state index is 0.672. The standard InChI is InChI=1S/C12H28N4O/c1-11(2)7-4-5-8-14-12(16-13)15-9-6-10-17-3/h11H,4-10,13H2,1-3H3,(H2,14,15,16). The summed E-state index contributed by atoms with van der Waals surface area (Å²) in [6, 6.07) is 0. The van der Waals surface area contributed by atoms with Gasteiger partial charge in [0, 0.05) is 26.8 Å². The number of guanidine groups is 1. The molecule has 0 heterocycles. The second kappa shape index (κ2) is 11.7. The largest absolute Gasteiger partial charge is 0.385 e. The van der Waals surface area contributed by atoms with Crippen LogP contribution in [0.2, 0.25) is 0 Å². The predicted octanol–water partition coefficient (Wildman–Crippen LogP) is 1.26. The van der Waals surface area contributed by atoms with Crippen LogP contribution in [0.4, 0.5) is 0 Å². The van der Waals surface area contributed by atoms with Crippen molar-refractivity contribution >= 4 is 5.96 Å². The number of hydrogen-bond acceptors (Lipinski definition) is 3. The van der Waals surface area contributed by atoms with Gasteiger partial charge in [-0.2, -0.15) is 0 Å². The number of nitrogens with one attached hydrogen (secondary N) is 2. The second-order valence-electron chi connectivity index (χ2n) is 4.54. The third-order valence-electron chi connectivity index (χ3n) is 2.41. The molecule has 0 atom stereocenters. The zero-order valence-corrected chi connectivity index (χ0v) is 11.5. The Morgan fingerprint density at radius 1 is 1.29 bits per heavy atom. The first kappa shape index (κ1) is 16.2. The molecule has 0 radical (unpaired) electrons. The molecule has 5 heteroatoms. The van der Waals surface area contributed by atoms with Gasteiger partial charge in [-0.15, -0.1) is 0 Å². The fourth-order valence-electron chi connectivity index (χ4n) is 1.44. The quantitative estimate of drug-likeness (QED) is 0.188. The fraction of sp³-hybridized carbons (Fsp3) is 0.917. The van der Waals surface area contributed by atoms with Gasteiger partial charge in [0.2, 0.25) is 5.96 Å². The van der Waals surface area contributed by atoms with Gasteiger partial charge in [-0.3, -0.25) is 10.4 Å². The van der Waals surface area contributed by atoms with Crippen molar-refractivity contribution in [1.29, 1.82) is 0 Å². The molecule has 17 heavy (non-hydrogen) atoms. The first-order valence-corrected chi connectivity index (χ1v) is 6.44. The van der Waals surface area contributed by atoms with Crippen LogP contribution in [-0.4, -0.2) is 32.8 Å². The number of rotatable bonds is 9. The normalized spacial score (nSPS) is 11.9. The van der Waals surface area contributed by atoms with Gasteiger partial charge < -0.3 is 10.1 Å². The highest BCUT2D eigenvalue weighted by atomic mass is 16.5. The molecule has 0 aliphatic rings. The topological polar surface area (TPSA) is 71.7 Å². The Labute approximate surface area is 105 Å². The molecule has 0 fully saturated rings. The molecule has 0 aromatic heterocycles. The van der Waals surface area contributed by atoms with E-state index in [2.05, 4.69) is 29.6 Å². The van der Waals surface area contributed by atoms with Gasteiger partial charge in [0.25, 0.3) is 0 Å². The SMILES string of the molecule is COCCCN=C(NN)NCCCCC(C)C. The van der Waals surface area contributed by atoms with Crippen molar-refractivity contribution in [3.8, 4) is 0 Å². The highest BCUT2D eigenvalue weighted by molar-refractivity contribution is 5.79. The molecule has 0 rings (SSSR count). The van der Waals surface area contributed by atoms with Crippen LogP contribution in [0.25, 0.3) is 0 Å². The Bertz CT molecular complexity index is 195. The molecule has 0 amide bonds. The molecule has 0 saturated carbocycles. The van der Waals surface area contributed by atoms with Crippen molar-refractivity contribution in [2.75, 3.05) is 26.8 Å². The van der Waals surface area contributed by atoms with Gasteiger partial charge >= 0.3 is 0 Å². The Balaban J connectivity index is 3.53. The summed E-state index contributed by atoms with van der Waals surface area (Å²) in [6.07, 6.45) is 4.58. The highest BCUT2D eigenvalue weighted by Crippen LogP contribution is 2.04. The Morgan fingerprint density at radius 3 is 2.65 bits per heavy atom. The molecule has 0 aromatic rings. The van der Waals surface area contributed by atoms with Crippen LogP contribution in [-0.2, 0) is 4.74 Å². The van der Waals surface area contributed by atoms with Crippen LogP contribution in [0, 0.1) is 5.92 Å². The predicted molar refractivity (Wildman–Crippen MR) is 72.8 cm³/mol. The van der Waals surface area contributed by atoms with Crippen LogP contribution in [0.3, 0.4) is 0 Å². The van der Waals surface area contributed by atoms with Gasteiger partial charge in [-0.1, -0.05) is 26.7 Å². The maximum atomic E-state index is 5.38. The van der Waals surface area contributed by atoms with E-state index in [-0.39, 0.29) is 0 Å². The van der Waals surface area contributed by atoms with Crippen LogP contribution >= 0.6 is 0 Å². The lowest BCUT2D eigenvalue weighted by Crippen LogP contribution is -2.42. The summed E-state index contributed by atoms with van der Waals surface area (Å²) >= 11 is 0. The third-order valence-corrected chi connectivity index (χ3v) is 2.41. The number of nitrogens with two attached hydrogens (primary N) is 1. The van der Waals surface area contributed by atoms with Crippen LogP contribution in [0.1, 0.15) is 39.5 Å². The average Bonchev–Trinajstić information content (AvgIpc) is 2.31. The van der Waals surface area contributed by atoms with E-state index in [1.54, 1.807) is 7.11 Å². The van der Waals surface area contributed by atoms with Gasteiger partial charge in [0.1, 0.15) is 0 Å². The van der Waals surface area contributed by atoms with Gasteiger partial charge in [-0.05, 0) is 18.8 Å². The number of unbranched alkanes of at least 4 members (excludes halogenated alkanes) is 1. The van der Waals surface area contributed by atoms with E-state index in [9.17, 15) is 0 Å². The molecule has 5 nitrogen and oxygen atoms in total. The molecule has 0 spiro atoms. The van der Waals surface area contributed by atoms with Crippen molar-refractivity contribution in [3.05, 3.63) is 0 Å². The van der Waals surface area contributed by atoms with Crippen LogP contribution < -0.4 is 16.6 Å². The van der Waals surface area contributed by atoms with E-state index in [4.69, 9.17) is 10.6 Å². The summed E-state index contributed by atoms with van der Waals surface area (Å²) < 4.78 is 4.95. The summed E-state index contributed by atoms with van der Waals surface area (Å²) in [5.74, 6) is 6.83. The van der Waals surface area contributed by atoms with Crippen molar-refractivity contribution in [2.45, 2.75) is 39.5 Å². The molecule has 102 valence electrons. The molecule has 0 unspecified atom stereocenters. The number of hydrazine groups is 1. The van der Waals surface area contributed by atoms with Crippen LogP contribution in [0.5, 0.6) is 0 Å². The average molecular weight is 244 g/mol. The molecular formula is C12H28N4O. The van der Waals surface area contributed by atoms with E-state index in [0.717, 1.165) is 38.5 Å². The number of hydrogen-bond donors (Lipinski definition) is 3. The molecule has 0 bridgehead atoms. The number of ether oxygens (including phenoxy) is 1. The maximum Gasteiger partial charge on any atom is 0.205 e. The molecule has 0 aliphatic carbocycles. The first-order valence-electron chi connectivity index (χ1n) is 6.44. The zero-order chi connectivity index (χ0) is 12.9. The van der Waals surface area contributed by atoms with Crippen molar-refractivity contribution in [3.63, 3.8) is 0 Å². The fourth-order valence-corrected chi connectivity index (χ4v) is 1.44. The number of methoxy groups -OCH3 is 1. The number of nitrogens with zero attached hydrogens (tertiary/aromatic N) is 1. The Hall–Kier alpha value is -0.810. The van der Waals surface area contributed by atoms with Gasteiger partial charge in [0.05, 0.1) is 0 Å². The maximum absolute atomic E-state index is 5.38.